The summed E-state index contributed by atoms with van der Waals surface area (Å²) in [7, 11) is 0. The zero-order valence-electron chi connectivity index (χ0n) is 9.94. The third-order valence-electron chi connectivity index (χ3n) is 3.25. The lowest BCUT2D eigenvalue weighted by molar-refractivity contribution is 0.0685. The van der Waals surface area contributed by atoms with Crippen molar-refractivity contribution in [3.8, 4) is 11.3 Å². The van der Waals surface area contributed by atoms with Crippen LogP contribution in [0.1, 0.15) is 29.4 Å². The standard InChI is InChI=1S/C14H11ClFNO2/c15-8-1-4-11(16)10(7-8)12-5-6-13(14(18)19)17(12)9-2-3-9/h1,4-7,9H,2-3H2,(H,18,19). The minimum Gasteiger partial charge on any atom is -0.477 e. The fraction of sp³-hybridized carbons (Fsp3) is 0.214. The molecule has 19 heavy (non-hydrogen) atoms. The van der Waals surface area contributed by atoms with Gasteiger partial charge in [0.1, 0.15) is 11.5 Å². The Morgan fingerprint density at radius 2 is 2.05 bits per heavy atom. The lowest BCUT2D eigenvalue weighted by Crippen LogP contribution is -2.08. The number of halogens is 2. The molecule has 1 aliphatic rings. The maximum atomic E-state index is 13.9. The number of aromatic nitrogens is 1. The largest absolute Gasteiger partial charge is 0.477 e. The Kier molecular flexibility index (Phi) is 2.82. The van der Waals surface area contributed by atoms with Crippen molar-refractivity contribution >= 4 is 17.6 Å². The van der Waals surface area contributed by atoms with Crippen LogP contribution < -0.4 is 0 Å². The van der Waals surface area contributed by atoms with Gasteiger partial charge in [0.25, 0.3) is 0 Å². The molecule has 1 heterocycles. The molecule has 3 nitrogen and oxygen atoms in total. The zero-order valence-corrected chi connectivity index (χ0v) is 10.7. The van der Waals surface area contributed by atoms with Crippen molar-refractivity contribution in [1.82, 2.24) is 4.57 Å². The first-order chi connectivity index (χ1) is 9.08. The second kappa shape index (κ2) is 4.38. The van der Waals surface area contributed by atoms with Gasteiger partial charge in [0.2, 0.25) is 0 Å². The summed E-state index contributed by atoms with van der Waals surface area (Å²) in [4.78, 5) is 11.2. The number of rotatable bonds is 3. The zero-order chi connectivity index (χ0) is 13.6. The monoisotopic (exact) mass is 279 g/mol. The predicted molar refractivity (Wildman–Crippen MR) is 70.1 cm³/mol. The Morgan fingerprint density at radius 1 is 1.32 bits per heavy atom. The predicted octanol–water partition coefficient (Wildman–Crippen LogP) is 3.98. The Morgan fingerprint density at radius 3 is 2.68 bits per heavy atom. The molecule has 1 aromatic carbocycles. The van der Waals surface area contributed by atoms with Crippen LogP contribution in [0.3, 0.4) is 0 Å². The van der Waals surface area contributed by atoms with Crippen molar-refractivity contribution in [1.29, 1.82) is 0 Å². The smallest absolute Gasteiger partial charge is 0.352 e. The SMILES string of the molecule is O=C(O)c1ccc(-c2cc(Cl)ccc2F)n1C1CC1. The van der Waals surface area contributed by atoms with Crippen LogP contribution in [0.15, 0.2) is 30.3 Å². The molecule has 1 N–H and O–H groups in total. The Bertz CT molecular complexity index is 661. The summed E-state index contributed by atoms with van der Waals surface area (Å²) >= 11 is 5.89. The first kappa shape index (κ1) is 12.2. The summed E-state index contributed by atoms with van der Waals surface area (Å²) in [5, 5.41) is 9.61. The van der Waals surface area contributed by atoms with Crippen LogP contribution in [-0.2, 0) is 0 Å². The molecule has 0 saturated heterocycles. The first-order valence-electron chi connectivity index (χ1n) is 5.98. The van der Waals surface area contributed by atoms with E-state index in [1.165, 1.54) is 24.3 Å². The second-order valence-corrected chi connectivity index (χ2v) is 5.07. The average Bonchev–Trinajstić information content (AvgIpc) is 3.11. The second-order valence-electron chi connectivity index (χ2n) is 4.63. The van der Waals surface area contributed by atoms with Gasteiger partial charge >= 0.3 is 5.97 Å². The highest BCUT2D eigenvalue weighted by Gasteiger charge is 2.30. The van der Waals surface area contributed by atoms with Gasteiger partial charge in [0.05, 0.1) is 5.69 Å². The summed E-state index contributed by atoms with van der Waals surface area (Å²) in [6.45, 7) is 0. The van der Waals surface area contributed by atoms with Gasteiger partial charge in [-0.3, -0.25) is 0 Å². The van der Waals surface area contributed by atoms with Gasteiger partial charge in [0.15, 0.2) is 0 Å². The molecule has 1 fully saturated rings. The Hall–Kier alpha value is -1.81. The number of hydrogen-bond acceptors (Lipinski definition) is 1. The molecule has 0 bridgehead atoms. The molecule has 98 valence electrons. The number of nitrogens with zero attached hydrogens (tertiary/aromatic N) is 1. The fourth-order valence-corrected chi connectivity index (χ4v) is 2.43. The highest BCUT2D eigenvalue weighted by Crippen LogP contribution is 2.41. The third kappa shape index (κ3) is 2.12. The van der Waals surface area contributed by atoms with Crippen molar-refractivity contribution in [2.24, 2.45) is 0 Å². The molecule has 1 saturated carbocycles. The summed E-state index contributed by atoms with van der Waals surface area (Å²) in [6.07, 6.45) is 1.84. The van der Waals surface area contributed by atoms with Crippen LogP contribution >= 0.6 is 11.6 Å². The van der Waals surface area contributed by atoms with E-state index in [1.807, 2.05) is 0 Å². The molecule has 0 amide bonds. The number of aromatic carboxylic acids is 1. The summed E-state index contributed by atoms with van der Waals surface area (Å²) < 4.78 is 15.6. The van der Waals surface area contributed by atoms with E-state index in [9.17, 15) is 14.3 Å². The van der Waals surface area contributed by atoms with Crippen LogP contribution in [0.2, 0.25) is 5.02 Å². The molecule has 5 heteroatoms. The normalized spacial score (nSPS) is 14.6. The molecular formula is C14H11ClFNO2. The van der Waals surface area contributed by atoms with E-state index in [0.717, 1.165) is 12.8 Å². The van der Waals surface area contributed by atoms with Gasteiger partial charge in [-0.05, 0) is 43.2 Å². The molecule has 0 spiro atoms. The number of carbonyl (C=O) groups is 1. The van der Waals surface area contributed by atoms with Crippen molar-refractivity contribution in [3.63, 3.8) is 0 Å². The molecule has 1 aromatic heterocycles. The van der Waals surface area contributed by atoms with E-state index < -0.39 is 11.8 Å². The van der Waals surface area contributed by atoms with Crippen LogP contribution in [0.5, 0.6) is 0 Å². The molecule has 1 aliphatic carbocycles. The van der Waals surface area contributed by atoms with E-state index in [2.05, 4.69) is 0 Å². The molecule has 0 unspecified atom stereocenters. The Labute approximate surface area is 114 Å². The highest BCUT2D eigenvalue weighted by molar-refractivity contribution is 6.30. The average molecular weight is 280 g/mol. The Balaban J connectivity index is 2.20. The van der Waals surface area contributed by atoms with Crippen LogP contribution in [0, 0.1) is 5.82 Å². The minimum absolute atomic E-state index is 0.148. The van der Waals surface area contributed by atoms with Gasteiger partial charge in [-0.25, -0.2) is 9.18 Å². The van der Waals surface area contributed by atoms with E-state index in [4.69, 9.17) is 11.6 Å². The van der Waals surface area contributed by atoms with Crippen LogP contribution in [-0.4, -0.2) is 15.6 Å². The molecule has 0 radical (unpaired) electrons. The lowest BCUT2D eigenvalue weighted by Gasteiger charge is -2.11. The van der Waals surface area contributed by atoms with E-state index in [0.29, 0.717) is 16.3 Å². The van der Waals surface area contributed by atoms with Gasteiger partial charge < -0.3 is 9.67 Å². The van der Waals surface area contributed by atoms with E-state index >= 15 is 0 Å². The van der Waals surface area contributed by atoms with Crippen molar-refractivity contribution in [2.75, 3.05) is 0 Å². The van der Waals surface area contributed by atoms with Gasteiger partial charge in [-0.2, -0.15) is 0 Å². The summed E-state index contributed by atoms with van der Waals surface area (Å²) in [5.74, 6) is -1.40. The lowest BCUT2D eigenvalue weighted by atomic mass is 10.1. The van der Waals surface area contributed by atoms with Gasteiger partial charge in [-0.15, -0.1) is 0 Å². The summed E-state index contributed by atoms with van der Waals surface area (Å²) in [5.41, 5.74) is 1.10. The first-order valence-corrected chi connectivity index (χ1v) is 6.35. The minimum atomic E-state index is -0.999. The highest BCUT2D eigenvalue weighted by atomic mass is 35.5. The number of hydrogen-bond donors (Lipinski definition) is 1. The topological polar surface area (TPSA) is 42.2 Å². The van der Waals surface area contributed by atoms with E-state index in [-0.39, 0.29) is 11.7 Å². The quantitative estimate of drug-likeness (QED) is 0.923. The molecule has 3 rings (SSSR count). The van der Waals surface area contributed by atoms with Gasteiger partial charge in [-0.1, -0.05) is 11.6 Å². The summed E-state index contributed by atoms with van der Waals surface area (Å²) in [6, 6.07) is 7.59. The van der Waals surface area contributed by atoms with Crippen molar-refractivity contribution < 1.29 is 14.3 Å². The number of carboxylic acids is 1. The maximum Gasteiger partial charge on any atom is 0.352 e. The maximum absolute atomic E-state index is 13.9. The van der Waals surface area contributed by atoms with Crippen molar-refractivity contribution in [3.05, 3.63) is 46.9 Å². The third-order valence-corrected chi connectivity index (χ3v) is 3.49. The van der Waals surface area contributed by atoms with Crippen LogP contribution in [0.4, 0.5) is 4.39 Å². The molecule has 0 atom stereocenters. The van der Waals surface area contributed by atoms with Crippen LogP contribution in [0.25, 0.3) is 11.3 Å². The number of benzene rings is 1. The van der Waals surface area contributed by atoms with Crippen molar-refractivity contribution in [2.45, 2.75) is 18.9 Å². The fourth-order valence-electron chi connectivity index (χ4n) is 2.26. The van der Waals surface area contributed by atoms with Gasteiger partial charge in [0, 0.05) is 16.6 Å². The number of carboxylic acid groups (broad SMARTS) is 1. The molecular weight excluding hydrogens is 269 g/mol. The van der Waals surface area contributed by atoms with E-state index in [1.54, 1.807) is 10.6 Å². The molecule has 2 aromatic rings. The molecule has 0 aliphatic heterocycles.